The monoisotopic (exact) mass is 368 g/mol. The number of Topliss-reactive ketones (excluding diaryl/α,β-unsaturated/α-hetero) is 1. The minimum Gasteiger partial charge on any atom is -0.503 e. The smallest absolute Gasteiger partial charge is 0.294 e. The number of carbonyl (C=O) groups excluding carboxylic acids is 2. The second-order valence-electron chi connectivity index (χ2n) is 5.95. The lowest BCUT2D eigenvalue weighted by Crippen LogP contribution is -2.30. The van der Waals surface area contributed by atoms with E-state index in [1.807, 2.05) is 0 Å². The number of aliphatic hydroxyl groups is 1. The van der Waals surface area contributed by atoms with Crippen LogP contribution in [0, 0.1) is 10.1 Å². The molecule has 27 heavy (non-hydrogen) atoms. The summed E-state index contributed by atoms with van der Waals surface area (Å²) in [6, 6.07) is 11.2. The number of hydrogen-bond donors (Lipinski definition) is 1. The van der Waals surface area contributed by atoms with Gasteiger partial charge in [-0.25, -0.2) is 0 Å². The van der Waals surface area contributed by atoms with Crippen molar-refractivity contribution < 1.29 is 24.4 Å². The Balaban J connectivity index is 2.15. The summed E-state index contributed by atoms with van der Waals surface area (Å²) in [6.07, 6.45) is 0. The van der Waals surface area contributed by atoms with Crippen LogP contribution in [-0.4, -0.2) is 28.8 Å². The molecule has 0 saturated heterocycles. The molecule has 1 atom stereocenters. The van der Waals surface area contributed by atoms with E-state index >= 15 is 0 Å². The summed E-state index contributed by atoms with van der Waals surface area (Å²) in [7, 11) is 1.48. The van der Waals surface area contributed by atoms with E-state index in [1.54, 1.807) is 24.3 Å². The van der Waals surface area contributed by atoms with Gasteiger partial charge in [0.1, 0.15) is 5.75 Å². The van der Waals surface area contributed by atoms with E-state index < -0.39 is 28.4 Å². The van der Waals surface area contributed by atoms with E-state index in [9.17, 15) is 24.8 Å². The van der Waals surface area contributed by atoms with Crippen LogP contribution in [0.4, 0.5) is 11.4 Å². The van der Waals surface area contributed by atoms with Crippen LogP contribution < -0.4 is 9.64 Å². The van der Waals surface area contributed by atoms with Gasteiger partial charge < -0.3 is 9.84 Å². The van der Waals surface area contributed by atoms with Crippen LogP contribution in [0.15, 0.2) is 59.9 Å². The Bertz CT molecular complexity index is 964. The van der Waals surface area contributed by atoms with Crippen molar-refractivity contribution in [2.45, 2.75) is 13.0 Å². The number of benzene rings is 2. The normalized spacial score (nSPS) is 16.6. The van der Waals surface area contributed by atoms with Crippen molar-refractivity contribution in [2.75, 3.05) is 12.0 Å². The van der Waals surface area contributed by atoms with Crippen LogP contribution in [0.3, 0.4) is 0 Å². The van der Waals surface area contributed by atoms with Crippen LogP contribution in [0.25, 0.3) is 0 Å². The molecule has 0 spiro atoms. The van der Waals surface area contributed by atoms with Crippen LogP contribution in [-0.2, 0) is 9.59 Å². The predicted octanol–water partition coefficient (Wildman–Crippen LogP) is 3.09. The van der Waals surface area contributed by atoms with Crippen molar-refractivity contribution in [3.05, 3.63) is 75.5 Å². The highest BCUT2D eigenvalue weighted by Gasteiger charge is 2.43. The largest absolute Gasteiger partial charge is 0.503 e. The zero-order chi connectivity index (χ0) is 19.7. The lowest BCUT2D eigenvalue weighted by Gasteiger charge is -2.26. The van der Waals surface area contributed by atoms with E-state index in [2.05, 4.69) is 0 Å². The molecule has 1 N–H and O–H groups in total. The highest BCUT2D eigenvalue weighted by atomic mass is 16.6. The first-order chi connectivity index (χ1) is 12.8. The van der Waals surface area contributed by atoms with Gasteiger partial charge in [-0.1, -0.05) is 6.07 Å². The van der Waals surface area contributed by atoms with Gasteiger partial charge in [-0.3, -0.25) is 24.6 Å². The van der Waals surface area contributed by atoms with E-state index in [1.165, 1.54) is 43.2 Å². The number of aliphatic hydroxyl groups excluding tert-OH is 1. The van der Waals surface area contributed by atoms with Crippen LogP contribution in [0.5, 0.6) is 5.75 Å². The maximum absolute atomic E-state index is 12.7. The first-order valence-electron chi connectivity index (χ1n) is 8.01. The van der Waals surface area contributed by atoms with Gasteiger partial charge >= 0.3 is 0 Å². The molecule has 8 heteroatoms. The average Bonchev–Trinajstić information content (AvgIpc) is 2.93. The molecule has 0 bridgehead atoms. The molecule has 138 valence electrons. The van der Waals surface area contributed by atoms with Gasteiger partial charge in [-0.2, -0.15) is 0 Å². The number of nitro groups is 1. The average molecular weight is 368 g/mol. The fraction of sp³-hybridized carbons (Fsp3) is 0.158. The van der Waals surface area contributed by atoms with Gasteiger partial charge in [0.15, 0.2) is 11.5 Å². The third kappa shape index (κ3) is 3.12. The molecular weight excluding hydrogens is 352 g/mol. The summed E-state index contributed by atoms with van der Waals surface area (Å²) in [6.45, 7) is 1.26. The Morgan fingerprint density at radius 2 is 1.89 bits per heavy atom. The van der Waals surface area contributed by atoms with E-state index in [0.29, 0.717) is 17.0 Å². The molecule has 1 heterocycles. The lowest BCUT2D eigenvalue weighted by molar-refractivity contribution is -0.384. The number of amides is 1. The van der Waals surface area contributed by atoms with Crippen molar-refractivity contribution in [3.63, 3.8) is 0 Å². The number of hydrogen-bond acceptors (Lipinski definition) is 6. The van der Waals surface area contributed by atoms with Crippen molar-refractivity contribution in [2.24, 2.45) is 0 Å². The molecule has 3 rings (SSSR count). The van der Waals surface area contributed by atoms with E-state index in [-0.39, 0.29) is 11.3 Å². The van der Waals surface area contributed by atoms with Gasteiger partial charge in [0.05, 0.1) is 23.6 Å². The van der Waals surface area contributed by atoms with Crippen LogP contribution in [0.2, 0.25) is 0 Å². The zero-order valence-corrected chi connectivity index (χ0v) is 14.6. The number of rotatable bonds is 5. The second-order valence-corrected chi connectivity index (χ2v) is 5.95. The molecule has 1 amide bonds. The molecule has 0 radical (unpaired) electrons. The Morgan fingerprint density at radius 1 is 1.22 bits per heavy atom. The number of methoxy groups -OCH3 is 1. The van der Waals surface area contributed by atoms with Gasteiger partial charge in [0.2, 0.25) is 0 Å². The number of nitro benzene ring substituents is 1. The van der Waals surface area contributed by atoms with Crippen LogP contribution in [0.1, 0.15) is 18.5 Å². The highest BCUT2D eigenvalue weighted by molar-refractivity contribution is 6.16. The standard InChI is InChI=1S/C19H16N2O6/c1-11(22)16-17(12-6-8-13(9-7-12)21(25)26)20(19(24)18(16)23)14-4-3-5-15(10-14)27-2/h3-10,17,23H,1-2H3. The lowest BCUT2D eigenvalue weighted by atomic mass is 9.96. The maximum atomic E-state index is 12.7. The third-order valence-electron chi connectivity index (χ3n) is 4.34. The van der Waals surface area contributed by atoms with Crippen molar-refractivity contribution in [3.8, 4) is 5.75 Å². The predicted molar refractivity (Wildman–Crippen MR) is 96.7 cm³/mol. The molecule has 8 nitrogen and oxygen atoms in total. The van der Waals surface area contributed by atoms with Crippen molar-refractivity contribution in [1.82, 2.24) is 0 Å². The minimum atomic E-state index is -0.900. The molecule has 2 aromatic rings. The van der Waals surface area contributed by atoms with Gasteiger partial charge in [0, 0.05) is 23.9 Å². The van der Waals surface area contributed by atoms with E-state index in [4.69, 9.17) is 4.74 Å². The Hall–Kier alpha value is -3.68. The molecule has 1 aliphatic heterocycles. The molecule has 2 aromatic carbocycles. The summed E-state index contributed by atoms with van der Waals surface area (Å²) in [5, 5.41) is 21.2. The molecule has 0 aliphatic carbocycles. The molecule has 1 aliphatic rings. The fourth-order valence-electron chi connectivity index (χ4n) is 3.09. The Morgan fingerprint density at radius 3 is 2.44 bits per heavy atom. The number of carbonyl (C=O) groups is 2. The SMILES string of the molecule is COc1cccc(N2C(=O)C(O)=C(C(C)=O)C2c2ccc([N+](=O)[O-])cc2)c1. The molecule has 0 fully saturated rings. The second kappa shape index (κ2) is 6.91. The summed E-state index contributed by atoms with van der Waals surface area (Å²) in [5.74, 6) is -1.32. The fourth-order valence-corrected chi connectivity index (χ4v) is 3.09. The molecule has 0 aromatic heterocycles. The van der Waals surface area contributed by atoms with Crippen molar-refractivity contribution in [1.29, 1.82) is 0 Å². The quantitative estimate of drug-likeness (QED) is 0.641. The molecule has 1 unspecified atom stereocenters. The number of anilines is 1. The van der Waals surface area contributed by atoms with Gasteiger partial charge in [-0.15, -0.1) is 0 Å². The Kier molecular flexibility index (Phi) is 4.64. The van der Waals surface area contributed by atoms with Crippen LogP contribution >= 0.6 is 0 Å². The third-order valence-corrected chi connectivity index (χ3v) is 4.34. The van der Waals surface area contributed by atoms with Gasteiger partial charge in [0.25, 0.3) is 11.6 Å². The number of ketones is 1. The summed E-state index contributed by atoms with van der Waals surface area (Å²) >= 11 is 0. The number of ether oxygens (including phenoxy) is 1. The molecule has 0 saturated carbocycles. The maximum Gasteiger partial charge on any atom is 0.294 e. The summed E-state index contributed by atoms with van der Waals surface area (Å²) in [4.78, 5) is 36.5. The summed E-state index contributed by atoms with van der Waals surface area (Å²) in [5.41, 5.74) is 0.710. The number of non-ortho nitro benzene ring substituents is 1. The van der Waals surface area contributed by atoms with Gasteiger partial charge in [-0.05, 0) is 36.8 Å². The first kappa shape index (κ1) is 18.1. The zero-order valence-electron chi connectivity index (χ0n) is 14.6. The topological polar surface area (TPSA) is 110 Å². The summed E-state index contributed by atoms with van der Waals surface area (Å²) < 4.78 is 5.18. The highest BCUT2D eigenvalue weighted by Crippen LogP contribution is 2.41. The number of nitrogens with zero attached hydrogens (tertiary/aromatic N) is 2. The first-order valence-corrected chi connectivity index (χ1v) is 8.01. The van der Waals surface area contributed by atoms with Crippen molar-refractivity contribution >= 4 is 23.1 Å². The molecular formula is C19H16N2O6. The minimum absolute atomic E-state index is 0.0586. The Labute approximate surface area is 154 Å². The van der Waals surface area contributed by atoms with E-state index in [0.717, 1.165) is 0 Å².